The van der Waals surface area contributed by atoms with E-state index >= 15 is 0 Å². The lowest BCUT2D eigenvalue weighted by molar-refractivity contribution is 0.0997. The number of nitrogens with zero attached hydrogens (tertiary/aromatic N) is 1. The molecule has 112 valence electrons. The predicted molar refractivity (Wildman–Crippen MR) is 96.0 cm³/mol. The first-order chi connectivity index (χ1) is 10.5. The number of thiophene rings is 1. The molecule has 0 saturated heterocycles. The predicted octanol–water partition coefficient (Wildman–Crippen LogP) is 6.14. The summed E-state index contributed by atoms with van der Waals surface area (Å²) < 4.78 is 0.798. The molecule has 1 heterocycles. The zero-order chi connectivity index (χ0) is 15.9. The topological polar surface area (TPSA) is 20.3 Å². The highest BCUT2D eigenvalue weighted by atomic mass is 35.5. The molecule has 0 saturated carbocycles. The number of para-hydroxylation sites is 1. The van der Waals surface area contributed by atoms with Crippen LogP contribution in [-0.2, 0) is 0 Å². The van der Waals surface area contributed by atoms with Gasteiger partial charge in [-0.25, -0.2) is 0 Å². The van der Waals surface area contributed by atoms with Crippen LogP contribution in [0.1, 0.15) is 9.67 Å². The number of hydrogen-bond acceptors (Lipinski definition) is 2. The van der Waals surface area contributed by atoms with Gasteiger partial charge in [-0.05, 0) is 24.3 Å². The lowest BCUT2D eigenvalue weighted by atomic mass is 10.2. The van der Waals surface area contributed by atoms with Gasteiger partial charge in [0.05, 0.1) is 10.0 Å². The van der Waals surface area contributed by atoms with E-state index in [9.17, 15) is 4.79 Å². The Hall–Kier alpha value is -1.26. The smallest absolute Gasteiger partial charge is 0.269 e. The third-order valence-electron chi connectivity index (χ3n) is 3.29. The van der Waals surface area contributed by atoms with Crippen molar-refractivity contribution in [3.05, 3.63) is 62.4 Å². The summed E-state index contributed by atoms with van der Waals surface area (Å²) in [5.74, 6) is -0.176. The molecular weight excluding hydrogens is 361 g/mol. The molecule has 3 rings (SSSR count). The molecule has 0 aliphatic heterocycles. The van der Waals surface area contributed by atoms with Crippen LogP contribution in [0, 0.1) is 0 Å². The van der Waals surface area contributed by atoms with E-state index in [2.05, 4.69) is 0 Å². The largest absolute Gasteiger partial charge is 0.311 e. The summed E-state index contributed by atoms with van der Waals surface area (Å²) in [4.78, 5) is 14.7. The van der Waals surface area contributed by atoms with Gasteiger partial charge in [-0.3, -0.25) is 4.79 Å². The Bertz CT molecular complexity index is 861. The maximum atomic E-state index is 12.7. The summed E-state index contributed by atoms with van der Waals surface area (Å²) in [6.07, 6.45) is 0. The molecule has 2 aromatic carbocycles. The molecule has 0 aliphatic carbocycles. The second-order valence-electron chi connectivity index (χ2n) is 4.71. The number of benzene rings is 2. The van der Waals surface area contributed by atoms with Crippen molar-refractivity contribution in [3.63, 3.8) is 0 Å². The second kappa shape index (κ2) is 6.09. The monoisotopic (exact) mass is 369 g/mol. The Morgan fingerprint density at radius 3 is 2.45 bits per heavy atom. The minimum atomic E-state index is -0.176. The average Bonchev–Trinajstić information content (AvgIpc) is 2.83. The Balaban J connectivity index is 2.09. The summed E-state index contributed by atoms with van der Waals surface area (Å²) in [5, 5.41) is 2.01. The van der Waals surface area contributed by atoms with Crippen LogP contribution in [0.4, 0.5) is 5.69 Å². The molecule has 0 bridgehead atoms. The van der Waals surface area contributed by atoms with Crippen LogP contribution < -0.4 is 4.90 Å². The van der Waals surface area contributed by atoms with Crippen LogP contribution in [0.2, 0.25) is 15.1 Å². The number of carbonyl (C=O) groups is 1. The number of anilines is 1. The standard InChI is InChI=1S/C16H10Cl3NOS/c1-20(10-5-3-2-4-6-10)16(21)15-14(19)13-11(18)7-9(17)8-12(13)22-15/h2-8H,1H3. The number of halogens is 3. The Morgan fingerprint density at radius 2 is 1.77 bits per heavy atom. The molecule has 2 nitrogen and oxygen atoms in total. The quantitative estimate of drug-likeness (QED) is 0.530. The van der Waals surface area contributed by atoms with Gasteiger partial charge in [0.25, 0.3) is 5.91 Å². The minimum absolute atomic E-state index is 0.176. The van der Waals surface area contributed by atoms with E-state index in [-0.39, 0.29) is 5.91 Å². The molecule has 3 aromatic rings. The maximum absolute atomic E-state index is 12.7. The van der Waals surface area contributed by atoms with E-state index in [0.717, 1.165) is 10.4 Å². The van der Waals surface area contributed by atoms with Crippen molar-refractivity contribution < 1.29 is 4.79 Å². The van der Waals surface area contributed by atoms with Gasteiger partial charge in [0.2, 0.25) is 0 Å². The molecule has 0 N–H and O–H groups in total. The van der Waals surface area contributed by atoms with E-state index in [1.54, 1.807) is 24.1 Å². The van der Waals surface area contributed by atoms with Crippen LogP contribution in [0.3, 0.4) is 0 Å². The van der Waals surface area contributed by atoms with Crippen molar-refractivity contribution >= 4 is 67.8 Å². The molecule has 0 atom stereocenters. The maximum Gasteiger partial charge on any atom is 0.269 e. The molecule has 0 radical (unpaired) electrons. The van der Waals surface area contributed by atoms with Crippen molar-refractivity contribution in [1.29, 1.82) is 0 Å². The van der Waals surface area contributed by atoms with Gasteiger partial charge in [0.15, 0.2) is 0 Å². The Kier molecular flexibility index (Phi) is 4.33. The molecule has 0 spiro atoms. The molecule has 0 aliphatic rings. The highest BCUT2D eigenvalue weighted by Gasteiger charge is 2.22. The van der Waals surface area contributed by atoms with E-state index in [1.165, 1.54) is 11.3 Å². The zero-order valence-electron chi connectivity index (χ0n) is 11.4. The SMILES string of the molecule is CN(C(=O)c1sc2cc(Cl)cc(Cl)c2c1Cl)c1ccccc1. The lowest BCUT2D eigenvalue weighted by Gasteiger charge is -2.16. The lowest BCUT2D eigenvalue weighted by Crippen LogP contribution is -2.25. The van der Waals surface area contributed by atoms with Crippen LogP contribution >= 0.6 is 46.1 Å². The second-order valence-corrected chi connectivity index (χ2v) is 6.98. The summed E-state index contributed by atoms with van der Waals surface area (Å²) in [7, 11) is 1.72. The summed E-state index contributed by atoms with van der Waals surface area (Å²) in [6, 6.07) is 12.8. The van der Waals surface area contributed by atoms with Crippen molar-refractivity contribution in [3.8, 4) is 0 Å². The summed E-state index contributed by atoms with van der Waals surface area (Å²) in [5.41, 5.74) is 0.796. The van der Waals surface area contributed by atoms with Crippen LogP contribution in [0.25, 0.3) is 10.1 Å². The van der Waals surface area contributed by atoms with E-state index in [0.29, 0.717) is 25.3 Å². The summed E-state index contributed by atoms with van der Waals surface area (Å²) in [6.45, 7) is 0. The van der Waals surface area contributed by atoms with Crippen LogP contribution in [-0.4, -0.2) is 13.0 Å². The first-order valence-electron chi connectivity index (χ1n) is 6.39. The normalized spacial score (nSPS) is 10.9. The number of fused-ring (bicyclic) bond motifs is 1. The number of rotatable bonds is 2. The Morgan fingerprint density at radius 1 is 1.09 bits per heavy atom. The van der Waals surface area contributed by atoms with E-state index < -0.39 is 0 Å². The third-order valence-corrected chi connectivity index (χ3v) is 5.42. The van der Waals surface area contributed by atoms with Gasteiger partial charge in [0.1, 0.15) is 4.88 Å². The van der Waals surface area contributed by atoms with Gasteiger partial charge in [-0.15, -0.1) is 11.3 Å². The number of hydrogen-bond donors (Lipinski definition) is 0. The van der Waals surface area contributed by atoms with E-state index in [1.807, 2.05) is 30.3 Å². The Labute approximate surface area is 146 Å². The van der Waals surface area contributed by atoms with Gasteiger partial charge >= 0.3 is 0 Å². The molecule has 1 aromatic heterocycles. The molecule has 0 unspecified atom stereocenters. The third kappa shape index (κ3) is 2.70. The van der Waals surface area contributed by atoms with Crippen molar-refractivity contribution in [2.45, 2.75) is 0 Å². The zero-order valence-corrected chi connectivity index (χ0v) is 14.5. The molecule has 22 heavy (non-hydrogen) atoms. The highest BCUT2D eigenvalue weighted by molar-refractivity contribution is 7.21. The highest BCUT2D eigenvalue weighted by Crippen LogP contribution is 2.41. The van der Waals surface area contributed by atoms with Crippen molar-refractivity contribution in [1.82, 2.24) is 0 Å². The van der Waals surface area contributed by atoms with Gasteiger partial charge in [0, 0.05) is 27.8 Å². The van der Waals surface area contributed by atoms with Gasteiger partial charge < -0.3 is 4.90 Å². The average molecular weight is 371 g/mol. The number of amides is 1. The van der Waals surface area contributed by atoms with Crippen molar-refractivity contribution in [2.75, 3.05) is 11.9 Å². The van der Waals surface area contributed by atoms with Gasteiger partial charge in [-0.2, -0.15) is 0 Å². The molecule has 1 amide bonds. The van der Waals surface area contributed by atoms with Crippen LogP contribution in [0.15, 0.2) is 42.5 Å². The first kappa shape index (κ1) is 15.6. The fraction of sp³-hybridized carbons (Fsp3) is 0.0625. The van der Waals surface area contributed by atoms with E-state index in [4.69, 9.17) is 34.8 Å². The molecule has 0 fully saturated rings. The number of carbonyl (C=O) groups excluding carboxylic acids is 1. The fourth-order valence-corrected chi connectivity index (χ4v) is 4.52. The van der Waals surface area contributed by atoms with Crippen LogP contribution in [0.5, 0.6) is 0 Å². The van der Waals surface area contributed by atoms with Crippen molar-refractivity contribution in [2.24, 2.45) is 0 Å². The van der Waals surface area contributed by atoms with Gasteiger partial charge in [-0.1, -0.05) is 53.0 Å². The molecular formula is C16H10Cl3NOS. The minimum Gasteiger partial charge on any atom is -0.311 e. The molecule has 6 heteroatoms. The fourth-order valence-electron chi connectivity index (χ4n) is 2.17. The summed E-state index contributed by atoms with van der Waals surface area (Å²) >= 11 is 19.9. The first-order valence-corrected chi connectivity index (χ1v) is 8.34.